The van der Waals surface area contributed by atoms with E-state index in [0.29, 0.717) is 6.04 Å². The molecule has 0 bridgehead atoms. The summed E-state index contributed by atoms with van der Waals surface area (Å²) in [4.78, 5) is 6.36. The second-order valence-corrected chi connectivity index (χ2v) is 4.35. The maximum absolute atomic E-state index is 6.03. The highest BCUT2D eigenvalue weighted by atomic mass is 15.1. The average Bonchev–Trinajstić information content (AvgIpc) is 2.63. The molecule has 2 atom stereocenters. The van der Waals surface area contributed by atoms with E-state index in [4.69, 9.17) is 5.73 Å². The molecule has 4 nitrogen and oxygen atoms in total. The molecule has 86 valence electrons. The van der Waals surface area contributed by atoms with Gasteiger partial charge in [-0.15, -0.1) is 0 Å². The second kappa shape index (κ2) is 5.28. The predicted octanol–water partition coefficient (Wildman–Crippen LogP) is 1.42. The lowest BCUT2D eigenvalue weighted by Crippen LogP contribution is -2.25. The summed E-state index contributed by atoms with van der Waals surface area (Å²) in [5, 5.41) is 0. The molecule has 1 heterocycles. The first-order valence-corrected chi connectivity index (χ1v) is 5.48. The number of nitrogens with zero attached hydrogens (tertiary/aromatic N) is 3. The molecule has 0 amide bonds. The van der Waals surface area contributed by atoms with Crippen LogP contribution in [0.4, 0.5) is 0 Å². The molecule has 15 heavy (non-hydrogen) atoms. The summed E-state index contributed by atoms with van der Waals surface area (Å²) < 4.78 is 2.17. The Hall–Kier alpha value is -0.870. The lowest BCUT2D eigenvalue weighted by Gasteiger charge is -2.22. The molecule has 0 aromatic carbocycles. The van der Waals surface area contributed by atoms with E-state index in [1.54, 1.807) is 0 Å². The van der Waals surface area contributed by atoms with Crippen molar-refractivity contribution in [2.45, 2.75) is 32.4 Å². The Morgan fingerprint density at radius 2 is 2.20 bits per heavy atom. The maximum atomic E-state index is 6.03. The van der Waals surface area contributed by atoms with E-state index in [-0.39, 0.29) is 6.04 Å². The van der Waals surface area contributed by atoms with E-state index in [9.17, 15) is 0 Å². The quantitative estimate of drug-likeness (QED) is 0.799. The third kappa shape index (κ3) is 3.04. The van der Waals surface area contributed by atoms with Gasteiger partial charge in [0.15, 0.2) is 0 Å². The molecule has 0 aliphatic rings. The summed E-state index contributed by atoms with van der Waals surface area (Å²) in [5.74, 6) is 0. The molecule has 0 aliphatic heterocycles. The van der Waals surface area contributed by atoms with Crippen LogP contribution in [0.15, 0.2) is 12.5 Å². The van der Waals surface area contributed by atoms with Gasteiger partial charge in [-0.05, 0) is 27.4 Å². The first-order valence-electron chi connectivity index (χ1n) is 5.48. The Balaban J connectivity index is 2.80. The third-order valence-corrected chi connectivity index (χ3v) is 2.62. The van der Waals surface area contributed by atoms with Crippen molar-refractivity contribution in [3.8, 4) is 0 Å². The van der Waals surface area contributed by atoms with Crippen molar-refractivity contribution in [2.75, 3.05) is 20.6 Å². The summed E-state index contributed by atoms with van der Waals surface area (Å²) in [6.45, 7) is 5.28. The minimum absolute atomic E-state index is 0.0945. The molecule has 0 spiro atoms. The number of likely N-dealkylation sites (N-methyl/N-ethyl adjacent to an activating group) is 1. The van der Waals surface area contributed by atoms with E-state index in [1.165, 1.54) is 0 Å². The molecule has 0 aliphatic carbocycles. The molecule has 0 saturated carbocycles. The molecule has 0 radical (unpaired) electrons. The van der Waals surface area contributed by atoms with Crippen LogP contribution < -0.4 is 5.73 Å². The lowest BCUT2D eigenvalue weighted by molar-refractivity contribution is 0.330. The highest BCUT2D eigenvalue weighted by Crippen LogP contribution is 2.17. The van der Waals surface area contributed by atoms with Gasteiger partial charge in [-0.25, -0.2) is 4.98 Å². The molecular weight excluding hydrogens is 188 g/mol. The van der Waals surface area contributed by atoms with Crippen molar-refractivity contribution < 1.29 is 0 Å². The van der Waals surface area contributed by atoms with Gasteiger partial charge in [0, 0.05) is 24.8 Å². The SMILES string of the molecule is CC[C@@H](N)c1cncn1C(C)CN(C)C. The zero-order valence-electron chi connectivity index (χ0n) is 10.1. The molecule has 2 N–H and O–H groups in total. The molecule has 1 aromatic heterocycles. The zero-order valence-corrected chi connectivity index (χ0v) is 10.1. The minimum Gasteiger partial charge on any atom is -0.329 e. The number of hydrogen-bond acceptors (Lipinski definition) is 3. The monoisotopic (exact) mass is 210 g/mol. The van der Waals surface area contributed by atoms with Gasteiger partial charge < -0.3 is 15.2 Å². The largest absolute Gasteiger partial charge is 0.329 e. The van der Waals surface area contributed by atoms with E-state index in [1.807, 2.05) is 12.5 Å². The van der Waals surface area contributed by atoms with Crippen LogP contribution in [-0.2, 0) is 0 Å². The van der Waals surface area contributed by atoms with Crippen LogP contribution in [0.5, 0.6) is 0 Å². The molecule has 1 rings (SSSR count). The van der Waals surface area contributed by atoms with Gasteiger partial charge in [-0.1, -0.05) is 6.92 Å². The number of imidazole rings is 1. The van der Waals surface area contributed by atoms with Crippen molar-refractivity contribution in [3.63, 3.8) is 0 Å². The highest BCUT2D eigenvalue weighted by molar-refractivity contribution is 5.05. The summed E-state index contributed by atoms with van der Waals surface area (Å²) in [6.07, 6.45) is 4.69. The fourth-order valence-corrected chi connectivity index (χ4v) is 1.80. The smallest absolute Gasteiger partial charge is 0.0951 e. The normalized spacial score (nSPS) is 15.6. The van der Waals surface area contributed by atoms with Gasteiger partial charge in [0.05, 0.1) is 12.0 Å². The van der Waals surface area contributed by atoms with E-state index < -0.39 is 0 Å². The number of rotatable bonds is 5. The Kier molecular flexibility index (Phi) is 4.29. The molecular formula is C11H22N4. The van der Waals surface area contributed by atoms with Crippen LogP contribution in [-0.4, -0.2) is 35.1 Å². The zero-order chi connectivity index (χ0) is 11.4. The van der Waals surface area contributed by atoms with Crippen LogP contribution in [0.1, 0.15) is 38.0 Å². The first-order chi connectivity index (χ1) is 7.06. The summed E-state index contributed by atoms with van der Waals surface area (Å²) in [5.41, 5.74) is 7.17. The Bertz CT molecular complexity index is 293. The van der Waals surface area contributed by atoms with Crippen LogP contribution in [0.2, 0.25) is 0 Å². The molecule has 4 heteroatoms. The molecule has 0 fully saturated rings. The van der Waals surface area contributed by atoms with Gasteiger partial charge in [0.2, 0.25) is 0 Å². The number of aromatic nitrogens is 2. The molecule has 0 saturated heterocycles. The number of hydrogen-bond donors (Lipinski definition) is 1. The minimum atomic E-state index is 0.0945. The van der Waals surface area contributed by atoms with Crippen molar-refractivity contribution in [1.29, 1.82) is 0 Å². The van der Waals surface area contributed by atoms with E-state index >= 15 is 0 Å². The van der Waals surface area contributed by atoms with Crippen molar-refractivity contribution in [3.05, 3.63) is 18.2 Å². The Morgan fingerprint density at radius 3 is 2.73 bits per heavy atom. The average molecular weight is 210 g/mol. The van der Waals surface area contributed by atoms with Gasteiger partial charge >= 0.3 is 0 Å². The van der Waals surface area contributed by atoms with E-state index in [0.717, 1.165) is 18.7 Å². The predicted molar refractivity (Wildman–Crippen MR) is 62.7 cm³/mol. The fraction of sp³-hybridized carbons (Fsp3) is 0.727. The highest BCUT2D eigenvalue weighted by Gasteiger charge is 2.14. The van der Waals surface area contributed by atoms with Crippen LogP contribution in [0.25, 0.3) is 0 Å². The van der Waals surface area contributed by atoms with Crippen molar-refractivity contribution in [1.82, 2.24) is 14.5 Å². The molecule has 1 unspecified atom stereocenters. The van der Waals surface area contributed by atoms with Crippen molar-refractivity contribution >= 4 is 0 Å². The van der Waals surface area contributed by atoms with Gasteiger partial charge in [0.25, 0.3) is 0 Å². The van der Waals surface area contributed by atoms with Gasteiger partial charge in [0.1, 0.15) is 0 Å². The third-order valence-electron chi connectivity index (χ3n) is 2.62. The van der Waals surface area contributed by atoms with E-state index in [2.05, 4.69) is 42.4 Å². The van der Waals surface area contributed by atoms with Crippen LogP contribution in [0.3, 0.4) is 0 Å². The standard InChI is InChI=1S/C11H22N4/c1-5-10(12)11-6-13-8-15(11)9(2)7-14(3)4/h6,8-10H,5,7,12H2,1-4H3/t9?,10-/m1/s1. The Labute approximate surface area is 92.1 Å². The maximum Gasteiger partial charge on any atom is 0.0951 e. The summed E-state index contributed by atoms with van der Waals surface area (Å²) in [6, 6.07) is 0.507. The Morgan fingerprint density at radius 1 is 1.53 bits per heavy atom. The topological polar surface area (TPSA) is 47.1 Å². The van der Waals surface area contributed by atoms with Crippen molar-refractivity contribution in [2.24, 2.45) is 5.73 Å². The van der Waals surface area contributed by atoms with Crippen LogP contribution in [0, 0.1) is 0 Å². The second-order valence-electron chi connectivity index (χ2n) is 4.35. The summed E-state index contributed by atoms with van der Waals surface area (Å²) >= 11 is 0. The van der Waals surface area contributed by atoms with Gasteiger partial charge in [-0.2, -0.15) is 0 Å². The summed E-state index contributed by atoms with van der Waals surface area (Å²) in [7, 11) is 4.15. The van der Waals surface area contributed by atoms with Gasteiger partial charge in [-0.3, -0.25) is 0 Å². The van der Waals surface area contributed by atoms with Crippen LogP contribution >= 0.6 is 0 Å². The fourth-order valence-electron chi connectivity index (χ4n) is 1.80. The first kappa shape index (κ1) is 12.2. The lowest BCUT2D eigenvalue weighted by atomic mass is 10.1. The number of nitrogens with two attached hydrogens (primary N) is 1. The molecule has 1 aromatic rings.